The maximum absolute atomic E-state index is 10.6. The van der Waals surface area contributed by atoms with Crippen molar-refractivity contribution in [2.24, 2.45) is 0 Å². The van der Waals surface area contributed by atoms with E-state index in [4.69, 9.17) is 10.5 Å². The van der Waals surface area contributed by atoms with Crippen LogP contribution >= 0.6 is 0 Å². The monoisotopic (exact) mass is 498 g/mol. The summed E-state index contributed by atoms with van der Waals surface area (Å²) in [7, 11) is 0. The number of nitrogens with two attached hydrogens (primary N) is 1. The summed E-state index contributed by atoms with van der Waals surface area (Å²) < 4.78 is 7.45. The summed E-state index contributed by atoms with van der Waals surface area (Å²) in [5.74, 6) is 0.209. The van der Waals surface area contributed by atoms with Gasteiger partial charge in [0, 0.05) is 12.6 Å². The molecule has 3 heterocycles. The van der Waals surface area contributed by atoms with Gasteiger partial charge in [-0.15, -0.1) is 0 Å². The Hall–Kier alpha value is -3.65. The van der Waals surface area contributed by atoms with Gasteiger partial charge in [0.1, 0.15) is 0 Å². The molecule has 37 heavy (non-hydrogen) atoms. The van der Waals surface area contributed by atoms with E-state index in [0.717, 1.165) is 44.2 Å². The fourth-order valence-corrected chi connectivity index (χ4v) is 5.23. The number of benzene rings is 2. The van der Waals surface area contributed by atoms with Gasteiger partial charge in [0.2, 0.25) is 0 Å². The molecule has 192 valence electrons. The minimum absolute atomic E-state index is 0.130. The molecule has 0 spiro atoms. The molecule has 1 fully saturated rings. The summed E-state index contributed by atoms with van der Waals surface area (Å²) >= 11 is 0. The third-order valence-electron chi connectivity index (χ3n) is 7.63. The number of hydrogen-bond acceptors (Lipinski definition) is 7. The topological polar surface area (TPSA) is 111 Å². The van der Waals surface area contributed by atoms with Gasteiger partial charge in [-0.1, -0.05) is 61.7 Å². The Morgan fingerprint density at radius 3 is 2.62 bits per heavy atom. The maximum atomic E-state index is 10.6. The minimum atomic E-state index is -0.130. The van der Waals surface area contributed by atoms with Crippen molar-refractivity contribution in [3.8, 4) is 23.1 Å². The van der Waals surface area contributed by atoms with E-state index in [1.54, 1.807) is 4.57 Å². The number of nitrogen functional groups attached to an aromatic ring is 1. The van der Waals surface area contributed by atoms with Crippen molar-refractivity contribution in [2.45, 2.75) is 70.5 Å². The molecule has 2 aromatic carbocycles. The van der Waals surface area contributed by atoms with E-state index >= 15 is 0 Å². The standard InChI is InChI=1S/C29H34N6O2/c30-26-25-27-34-28(33-26)37-15-4-2-1-3-6-22-16-20(18-35(27)29(36)32-25)11-14-24(22)21-12-9-19(10-13-21)17-31-23-7-5-8-23/h9-14,16,23,31H,1-8,15,17-18H2,(H,32,36)(H2,30,33,34). The number of rotatable bonds is 4. The summed E-state index contributed by atoms with van der Waals surface area (Å²) in [5, 5.41) is 14.3. The number of aromatic nitrogens is 4. The van der Waals surface area contributed by atoms with Crippen LogP contribution in [0.1, 0.15) is 61.6 Å². The molecule has 0 unspecified atom stereocenters. The zero-order valence-electron chi connectivity index (χ0n) is 21.1. The Morgan fingerprint density at radius 2 is 1.81 bits per heavy atom. The van der Waals surface area contributed by atoms with E-state index < -0.39 is 0 Å². The largest absolute Gasteiger partial charge is 0.480 e. The number of nitrogens with one attached hydrogen (secondary N) is 1. The highest BCUT2D eigenvalue weighted by Gasteiger charge is 2.19. The van der Waals surface area contributed by atoms with Crippen molar-refractivity contribution in [1.82, 2.24) is 24.8 Å². The molecular weight excluding hydrogens is 464 g/mol. The van der Waals surface area contributed by atoms with Crippen LogP contribution in [0, 0.1) is 0 Å². The lowest BCUT2D eigenvalue weighted by Crippen LogP contribution is -2.34. The van der Waals surface area contributed by atoms with Crippen molar-refractivity contribution < 1.29 is 9.84 Å². The summed E-state index contributed by atoms with van der Waals surface area (Å²) in [5.41, 5.74) is 13.2. The first-order valence-electron chi connectivity index (χ1n) is 13.4. The first kappa shape index (κ1) is 23.7. The van der Waals surface area contributed by atoms with Crippen LogP contribution in [0.2, 0.25) is 0 Å². The third kappa shape index (κ3) is 5.11. The normalized spacial score (nSPS) is 16.6. The number of anilines is 1. The highest BCUT2D eigenvalue weighted by atomic mass is 16.5. The Kier molecular flexibility index (Phi) is 6.66. The highest BCUT2D eigenvalue weighted by Crippen LogP contribution is 2.30. The summed E-state index contributed by atoms with van der Waals surface area (Å²) in [4.78, 5) is 13.0. The second kappa shape index (κ2) is 10.4. The van der Waals surface area contributed by atoms with Gasteiger partial charge in [-0.2, -0.15) is 15.0 Å². The molecule has 2 aliphatic rings. The van der Waals surface area contributed by atoms with E-state index in [1.807, 2.05) is 0 Å². The first-order valence-corrected chi connectivity index (χ1v) is 13.4. The molecular formula is C29H34N6O2. The van der Waals surface area contributed by atoms with Crippen molar-refractivity contribution in [2.75, 3.05) is 12.3 Å². The minimum Gasteiger partial charge on any atom is -0.480 e. The van der Waals surface area contributed by atoms with Crippen LogP contribution in [-0.4, -0.2) is 37.3 Å². The molecule has 4 aromatic rings. The van der Waals surface area contributed by atoms with Gasteiger partial charge in [-0.3, -0.25) is 4.57 Å². The number of ether oxygens (including phenoxy) is 1. The third-order valence-corrected chi connectivity index (χ3v) is 7.63. The van der Waals surface area contributed by atoms with Gasteiger partial charge >= 0.3 is 6.01 Å². The van der Waals surface area contributed by atoms with Gasteiger partial charge < -0.3 is 20.9 Å². The van der Waals surface area contributed by atoms with Gasteiger partial charge in [0.15, 0.2) is 17.0 Å². The number of nitrogens with zero attached hydrogens (tertiary/aromatic N) is 4. The molecule has 0 radical (unpaired) electrons. The fourth-order valence-electron chi connectivity index (χ4n) is 5.23. The van der Waals surface area contributed by atoms with E-state index in [2.05, 4.69) is 62.7 Å². The fraction of sp³-hybridized carbons (Fsp3) is 0.414. The predicted octanol–water partition coefficient (Wildman–Crippen LogP) is 4.97. The average Bonchev–Trinajstić information content (AvgIpc) is 3.18. The van der Waals surface area contributed by atoms with Crippen LogP contribution in [0.4, 0.5) is 5.82 Å². The van der Waals surface area contributed by atoms with E-state index in [1.165, 1.54) is 41.5 Å². The summed E-state index contributed by atoms with van der Waals surface area (Å²) in [6, 6.07) is 16.3. The average molecular weight is 499 g/mol. The maximum Gasteiger partial charge on any atom is 0.320 e. The van der Waals surface area contributed by atoms with Gasteiger partial charge in [0.05, 0.1) is 13.2 Å². The van der Waals surface area contributed by atoms with Crippen LogP contribution in [0.15, 0.2) is 42.5 Å². The van der Waals surface area contributed by atoms with Crippen LogP contribution in [0.25, 0.3) is 22.3 Å². The zero-order valence-corrected chi connectivity index (χ0v) is 21.1. The SMILES string of the molecule is Nc1nc2nc3c1nc(O)n3Cc1ccc(-c3ccc(CNC4CCC4)cc3)c(c1)CCCCCCO2. The number of hydrogen-bond donors (Lipinski definition) is 3. The molecule has 8 nitrogen and oxygen atoms in total. The number of fused-ring (bicyclic) bond motifs is 3. The van der Waals surface area contributed by atoms with E-state index in [0.29, 0.717) is 30.4 Å². The van der Waals surface area contributed by atoms with Crippen molar-refractivity contribution in [3.63, 3.8) is 0 Å². The van der Waals surface area contributed by atoms with Gasteiger partial charge in [-0.05, 0) is 59.9 Å². The Bertz CT molecular complexity index is 1390. The molecule has 2 aromatic heterocycles. The first-order chi connectivity index (χ1) is 18.1. The lowest BCUT2D eigenvalue weighted by atomic mass is 9.92. The quantitative estimate of drug-likeness (QED) is 0.364. The van der Waals surface area contributed by atoms with Crippen LogP contribution < -0.4 is 15.8 Å². The Morgan fingerprint density at radius 1 is 0.973 bits per heavy atom. The van der Waals surface area contributed by atoms with Crippen molar-refractivity contribution in [3.05, 3.63) is 59.2 Å². The second-order valence-electron chi connectivity index (χ2n) is 10.3. The molecule has 1 aliphatic heterocycles. The predicted molar refractivity (Wildman–Crippen MR) is 145 cm³/mol. The van der Waals surface area contributed by atoms with Crippen LogP contribution in [-0.2, 0) is 19.5 Å². The number of aryl methyl sites for hydroxylation is 1. The van der Waals surface area contributed by atoms with E-state index in [9.17, 15) is 5.11 Å². The summed E-state index contributed by atoms with van der Waals surface area (Å²) in [6.07, 6.45) is 9.19. The molecule has 8 heteroatoms. The molecule has 6 rings (SSSR count). The van der Waals surface area contributed by atoms with Crippen LogP contribution in [0.3, 0.4) is 0 Å². The molecule has 4 bridgehead atoms. The second-order valence-corrected chi connectivity index (χ2v) is 10.3. The number of aromatic hydroxyl groups is 1. The lowest BCUT2D eigenvalue weighted by molar-refractivity contribution is 0.283. The molecule has 0 amide bonds. The molecule has 4 N–H and O–H groups in total. The van der Waals surface area contributed by atoms with E-state index in [-0.39, 0.29) is 17.8 Å². The zero-order chi connectivity index (χ0) is 25.2. The summed E-state index contributed by atoms with van der Waals surface area (Å²) in [6.45, 7) is 1.89. The Balaban J connectivity index is 1.31. The van der Waals surface area contributed by atoms with Crippen LogP contribution in [0.5, 0.6) is 12.0 Å². The van der Waals surface area contributed by atoms with Gasteiger partial charge in [-0.25, -0.2) is 0 Å². The van der Waals surface area contributed by atoms with Crippen molar-refractivity contribution in [1.29, 1.82) is 0 Å². The smallest absolute Gasteiger partial charge is 0.320 e. The molecule has 1 aliphatic carbocycles. The molecule has 1 saturated carbocycles. The molecule has 0 atom stereocenters. The Labute approximate surface area is 216 Å². The number of imidazole rings is 1. The highest BCUT2D eigenvalue weighted by molar-refractivity contribution is 5.83. The van der Waals surface area contributed by atoms with Gasteiger partial charge in [0.25, 0.3) is 6.01 Å². The van der Waals surface area contributed by atoms with Crippen molar-refractivity contribution >= 4 is 17.0 Å². The lowest BCUT2D eigenvalue weighted by Gasteiger charge is -2.26. The molecule has 0 saturated heterocycles.